The minimum atomic E-state index is -0.592. The molecule has 0 spiro atoms. The molecule has 1 amide bonds. The first-order chi connectivity index (χ1) is 16.5. The molecule has 3 aromatic carbocycles. The zero-order valence-electron chi connectivity index (χ0n) is 17.6. The highest BCUT2D eigenvalue weighted by Crippen LogP contribution is 2.25. The molecule has 5 aromatic rings. The van der Waals surface area contributed by atoms with Crippen molar-refractivity contribution < 1.29 is 18.5 Å². The summed E-state index contributed by atoms with van der Waals surface area (Å²) in [6.45, 7) is 0.346. The number of carbonyl (C=O) groups excluding carboxylic acids is 1. The number of para-hydroxylation sites is 1. The Morgan fingerprint density at radius 1 is 1.12 bits per heavy atom. The highest BCUT2D eigenvalue weighted by molar-refractivity contribution is 6.01. The Balaban J connectivity index is 1.37. The Morgan fingerprint density at radius 2 is 1.91 bits per heavy atom. The second-order valence-corrected chi connectivity index (χ2v) is 7.61. The molecular formula is C25H17FN4O4. The average molecular weight is 456 g/mol. The normalized spacial score (nSPS) is 11.4. The quantitative estimate of drug-likeness (QED) is 0.214. The topological polar surface area (TPSA) is 103 Å². The Hall–Kier alpha value is -4.79. The van der Waals surface area contributed by atoms with Crippen molar-refractivity contribution in [1.82, 2.24) is 9.99 Å². The molecule has 0 aliphatic carbocycles. The van der Waals surface area contributed by atoms with Crippen LogP contribution in [0.15, 0.2) is 88.5 Å². The highest BCUT2D eigenvalue weighted by atomic mass is 19.1. The number of aromatic nitrogens is 1. The van der Waals surface area contributed by atoms with E-state index in [0.29, 0.717) is 23.1 Å². The van der Waals surface area contributed by atoms with Crippen molar-refractivity contribution in [1.29, 1.82) is 0 Å². The van der Waals surface area contributed by atoms with Crippen LogP contribution in [0.3, 0.4) is 0 Å². The van der Waals surface area contributed by atoms with Gasteiger partial charge in [0.05, 0.1) is 17.7 Å². The number of amides is 1. The maximum Gasteiger partial charge on any atom is 0.307 e. The van der Waals surface area contributed by atoms with E-state index in [1.54, 1.807) is 18.2 Å². The molecule has 2 aromatic heterocycles. The molecule has 0 aliphatic rings. The molecule has 8 nitrogen and oxygen atoms in total. The SMILES string of the molecule is O=C(N/N=C/c1cn(Cc2ccccc2F)c2ccccc12)c1cc2cc([N+](=O)[O-])ccc2o1. The summed E-state index contributed by atoms with van der Waals surface area (Å²) in [7, 11) is 0. The molecule has 34 heavy (non-hydrogen) atoms. The maximum atomic E-state index is 14.1. The summed E-state index contributed by atoms with van der Waals surface area (Å²) in [5, 5.41) is 16.3. The number of nitro benzene ring substituents is 1. The van der Waals surface area contributed by atoms with Crippen LogP contribution in [0.25, 0.3) is 21.9 Å². The number of carbonyl (C=O) groups is 1. The summed E-state index contributed by atoms with van der Waals surface area (Å²) >= 11 is 0. The largest absolute Gasteiger partial charge is 0.451 e. The lowest BCUT2D eigenvalue weighted by Gasteiger charge is -2.06. The van der Waals surface area contributed by atoms with Gasteiger partial charge in [0.15, 0.2) is 5.76 Å². The Morgan fingerprint density at radius 3 is 2.74 bits per heavy atom. The van der Waals surface area contributed by atoms with Crippen molar-refractivity contribution in [3.05, 3.63) is 112 Å². The summed E-state index contributed by atoms with van der Waals surface area (Å²) in [6, 6.07) is 19.7. The number of hydrogen-bond acceptors (Lipinski definition) is 5. The zero-order valence-corrected chi connectivity index (χ0v) is 17.6. The second-order valence-electron chi connectivity index (χ2n) is 7.61. The number of benzene rings is 3. The molecule has 0 bridgehead atoms. The van der Waals surface area contributed by atoms with Crippen LogP contribution in [0.1, 0.15) is 21.7 Å². The summed E-state index contributed by atoms with van der Waals surface area (Å²) in [5.41, 5.74) is 4.88. The highest BCUT2D eigenvalue weighted by Gasteiger charge is 2.15. The standard InChI is InChI=1S/C25H17FN4O4/c26-21-7-3-1-5-16(21)14-29-15-18(20-6-2-4-8-22(20)29)13-27-28-25(31)24-12-17-11-19(30(32)33)9-10-23(17)34-24/h1-13,15H,14H2,(H,28,31)/b27-13+. The summed E-state index contributed by atoms with van der Waals surface area (Å²) < 4.78 is 21.5. The summed E-state index contributed by atoms with van der Waals surface area (Å²) in [4.78, 5) is 22.9. The Labute approximate surface area is 192 Å². The van der Waals surface area contributed by atoms with Gasteiger partial charge in [-0.15, -0.1) is 0 Å². The fourth-order valence-corrected chi connectivity index (χ4v) is 3.79. The van der Waals surface area contributed by atoms with Gasteiger partial charge in [0.1, 0.15) is 11.4 Å². The fourth-order valence-electron chi connectivity index (χ4n) is 3.79. The fraction of sp³-hybridized carbons (Fsp3) is 0.0400. The number of halogens is 1. The smallest absolute Gasteiger partial charge is 0.307 e. The second kappa shape index (κ2) is 8.62. The van der Waals surface area contributed by atoms with E-state index in [9.17, 15) is 19.3 Å². The van der Waals surface area contributed by atoms with Crippen molar-refractivity contribution >= 4 is 39.7 Å². The molecule has 0 atom stereocenters. The van der Waals surface area contributed by atoms with Gasteiger partial charge in [-0.1, -0.05) is 36.4 Å². The van der Waals surface area contributed by atoms with Crippen molar-refractivity contribution in [2.75, 3.05) is 0 Å². The van der Waals surface area contributed by atoms with E-state index in [0.717, 1.165) is 16.5 Å². The molecule has 0 saturated heterocycles. The predicted octanol–water partition coefficient (Wildman–Crippen LogP) is 5.25. The number of nitro groups is 1. The van der Waals surface area contributed by atoms with Crippen molar-refractivity contribution in [2.24, 2.45) is 5.10 Å². The molecule has 168 valence electrons. The molecule has 0 radical (unpaired) electrons. The van der Waals surface area contributed by atoms with Crippen LogP contribution in [0.2, 0.25) is 0 Å². The number of nitrogens with zero attached hydrogens (tertiary/aromatic N) is 3. The molecular weight excluding hydrogens is 439 g/mol. The first kappa shape index (κ1) is 21.1. The molecule has 0 aliphatic heterocycles. The van der Waals surface area contributed by atoms with Gasteiger partial charge in [0, 0.05) is 45.7 Å². The number of nitrogens with one attached hydrogen (secondary N) is 1. The van der Waals surface area contributed by atoms with E-state index in [1.807, 2.05) is 35.0 Å². The monoisotopic (exact) mass is 456 g/mol. The predicted molar refractivity (Wildman–Crippen MR) is 125 cm³/mol. The van der Waals surface area contributed by atoms with Crippen LogP contribution in [-0.4, -0.2) is 21.6 Å². The van der Waals surface area contributed by atoms with Gasteiger partial charge < -0.3 is 8.98 Å². The molecule has 1 N–H and O–H groups in total. The first-order valence-electron chi connectivity index (χ1n) is 10.3. The minimum absolute atomic E-state index is 0.0189. The van der Waals surface area contributed by atoms with Gasteiger partial charge in [-0.05, 0) is 24.3 Å². The van der Waals surface area contributed by atoms with Gasteiger partial charge in [-0.25, -0.2) is 9.82 Å². The van der Waals surface area contributed by atoms with E-state index in [1.165, 1.54) is 36.5 Å². The van der Waals surface area contributed by atoms with Crippen molar-refractivity contribution in [3.63, 3.8) is 0 Å². The number of hydrogen-bond donors (Lipinski definition) is 1. The van der Waals surface area contributed by atoms with E-state index in [-0.39, 0.29) is 17.3 Å². The number of fused-ring (bicyclic) bond motifs is 2. The third kappa shape index (κ3) is 4.02. The van der Waals surface area contributed by atoms with Gasteiger partial charge in [-0.3, -0.25) is 14.9 Å². The number of non-ortho nitro benzene ring substituents is 1. The van der Waals surface area contributed by atoms with Gasteiger partial charge in [-0.2, -0.15) is 5.10 Å². The minimum Gasteiger partial charge on any atom is -0.451 e. The van der Waals surface area contributed by atoms with Gasteiger partial charge >= 0.3 is 5.91 Å². The molecule has 0 unspecified atom stereocenters. The van der Waals surface area contributed by atoms with E-state index >= 15 is 0 Å². The third-order valence-corrected chi connectivity index (χ3v) is 5.42. The Kier molecular flexibility index (Phi) is 5.35. The van der Waals surface area contributed by atoms with Crippen LogP contribution >= 0.6 is 0 Å². The lowest BCUT2D eigenvalue weighted by molar-refractivity contribution is -0.384. The molecule has 0 fully saturated rings. The van der Waals surface area contributed by atoms with Crippen LogP contribution in [0.5, 0.6) is 0 Å². The van der Waals surface area contributed by atoms with E-state index in [4.69, 9.17) is 4.42 Å². The zero-order chi connectivity index (χ0) is 23.7. The van der Waals surface area contributed by atoms with Gasteiger partial charge in [0.2, 0.25) is 0 Å². The maximum absolute atomic E-state index is 14.1. The lowest BCUT2D eigenvalue weighted by atomic mass is 10.2. The van der Waals surface area contributed by atoms with Gasteiger partial charge in [0.25, 0.3) is 5.69 Å². The summed E-state index contributed by atoms with van der Waals surface area (Å²) in [6.07, 6.45) is 3.35. The third-order valence-electron chi connectivity index (χ3n) is 5.42. The van der Waals surface area contributed by atoms with Crippen LogP contribution in [-0.2, 0) is 6.54 Å². The van der Waals surface area contributed by atoms with Crippen LogP contribution in [0, 0.1) is 15.9 Å². The summed E-state index contributed by atoms with van der Waals surface area (Å²) in [5.74, 6) is -0.890. The first-order valence-corrected chi connectivity index (χ1v) is 10.3. The van der Waals surface area contributed by atoms with E-state index in [2.05, 4.69) is 10.5 Å². The molecule has 2 heterocycles. The molecule has 0 saturated carbocycles. The van der Waals surface area contributed by atoms with Crippen molar-refractivity contribution in [2.45, 2.75) is 6.54 Å². The number of furan rings is 1. The molecule has 5 rings (SSSR count). The van der Waals surface area contributed by atoms with Crippen LogP contribution < -0.4 is 5.43 Å². The average Bonchev–Trinajstić information content (AvgIpc) is 3.42. The number of hydrazone groups is 1. The van der Waals surface area contributed by atoms with Crippen molar-refractivity contribution in [3.8, 4) is 0 Å². The molecule has 9 heteroatoms. The number of rotatable bonds is 6. The lowest BCUT2D eigenvalue weighted by Crippen LogP contribution is -2.16. The van der Waals surface area contributed by atoms with E-state index < -0.39 is 10.8 Å². The van der Waals surface area contributed by atoms with Crippen LogP contribution in [0.4, 0.5) is 10.1 Å². The Bertz CT molecular complexity index is 1580.